The molecule has 4 heteroatoms. The maximum atomic E-state index is 5.80. The average molecular weight is 336 g/mol. The Labute approximate surface area is 127 Å². The topological polar surface area (TPSA) is 44.5 Å². The zero-order valence-corrected chi connectivity index (χ0v) is 13.0. The fourth-order valence-corrected chi connectivity index (χ4v) is 2.26. The van der Waals surface area contributed by atoms with Crippen LogP contribution in [0.4, 0.5) is 0 Å². The van der Waals surface area contributed by atoms with E-state index in [4.69, 9.17) is 15.2 Å². The second-order valence-corrected chi connectivity index (χ2v) is 5.19. The predicted molar refractivity (Wildman–Crippen MR) is 84.0 cm³/mol. The van der Waals surface area contributed by atoms with Crippen molar-refractivity contribution in [1.29, 1.82) is 0 Å². The van der Waals surface area contributed by atoms with E-state index in [9.17, 15) is 0 Å². The second-order valence-electron chi connectivity index (χ2n) is 4.33. The van der Waals surface area contributed by atoms with Crippen molar-refractivity contribution in [3.05, 3.63) is 58.1 Å². The van der Waals surface area contributed by atoms with Gasteiger partial charge in [0.2, 0.25) is 0 Å². The lowest BCUT2D eigenvalue weighted by Gasteiger charge is -2.10. The summed E-state index contributed by atoms with van der Waals surface area (Å²) >= 11 is 3.49. The van der Waals surface area contributed by atoms with Gasteiger partial charge in [0.1, 0.15) is 18.1 Å². The molecule has 2 aromatic rings. The summed E-state index contributed by atoms with van der Waals surface area (Å²) in [4.78, 5) is 0. The molecule has 0 saturated heterocycles. The summed E-state index contributed by atoms with van der Waals surface area (Å²) in [5.41, 5.74) is 7.81. The minimum Gasteiger partial charge on any atom is -0.494 e. The molecular weight excluding hydrogens is 318 g/mol. The minimum absolute atomic E-state index is 0.525. The van der Waals surface area contributed by atoms with Crippen molar-refractivity contribution < 1.29 is 9.47 Å². The first kappa shape index (κ1) is 14.9. The van der Waals surface area contributed by atoms with Crippen molar-refractivity contribution in [1.82, 2.24) is 0 Å². The van der Waals surface area contributed by atoms with Crippen molar-refractivity contribution in [2.24, 2.45) is 5.73 Å². The molecule has 0 bridgehead atoms. The third-order valence-electron chi connectivity index (χ3n) is 2.87. The van der Waals surface area contributed by atoms with Crippen LogP contribution in [0.25, 0.3) is 0 Å². The van der Waals surface area contributed by atoms with Crippen LogP contribution in [-0.2, 0) is 13.2 Å². The summed E-state index contributed by atoms with van der Waals surface area (Å²) in [5.74, 6) is 1.63. The highest BCUT2D eigenvalue weighted by Gasteiger charge is 2.04. The van der Waals surface area contributed by atoms with E-state index in [1.54, 1.807) is 0 Å². The van der Waals surface area contributed by atoms with Gasteiger partial charge in [-0.1, -0.05) is 24.3 Å². The molecule has 0 aliphatic rings. The molecule has 0 aromatic heterocycles. The Morgan fingerprint density at radius 1 is 1.00 bits per heavy atom. The van der Waals surface area contributed by atoms with Crippen molar-refractivity contribution in [2.75, 3.05) is 6.61 Å². The Hall–Kier alpha value is -1.52. The summed E-state index contributed by atoms with van der Waals surface area (Å²) in [5, 5.41) is 0. The standard InChI is InChI=1S/C16H18BrNO2/c1-2-19-14-7-8-16(15(17)9-14)20-11-13-5-3-12(10-18)4-6-13/h3-9H,2,10-11,18H2,1H3. The number of hydrogen-bond acceptors (Lipinski definition) is 3. The van der Waals surface area contributed by atoms with Gasteiger partial charge in [-0.15, -0.1) is 0 Å². The Balaban J connectivity index is 1.99. The molecule has 0 atom stereocenters. The molecule has 2 aromatic carbocycles. The first-order valence-corrected chi connectivity index (χ1v) is 7.35. The Morgan fingerprint density at radius 3 is 2.30 bits per heavy atom. The highest BCUT2D eigenvalue weighted by Crippen LogP contribution is 2.29. The maximum Gasteiger partial charge on any atom is 0.134 e. The molecule has 20 heavy (non-hydrogen) atoms. The number of rotatable bonds is 6. The molecule has 106 valence electrons. The fraction of sp³-hybridized carbons (Fsp3) is 0.250. The van der Waals surface area contributed by atoms with E-state index in [2.05, 4.69) is 15.9 Å². The van der Waals surface area contributed by atoms with E-state index >= 15 is 0 Å². The molecule has 0 saturated carbocycles. The smallest absolute Gasteiger partial charge is 0.134 e. The zero-order chi connectivity index (χ0) is 14.4. The van der Waals surface area contributed by atoms with Gasteiger partial charge in [-0.3, -0.25) is 0 Å². The summed E-state index contributed by atoms with van der Waals surface area (Å²) in [6.45, 7) is 3.70. The van der Waals surface area contributed by atoms with Crippen molar-refractivity contribution in [3.63, 3.8) is 0 Å². The molecule has 0 heterocycles. The van der Waals surface area contributed by atoms with Gasteiger partial charge in [-0.05, 0) is 52.2 Å². The van der Waals surface area contributed by atoms with E-state index < -0.39 is 0 Å². The molecule has 2 rings (SSSR count). The molecule has 0 aliphatic heterocycles. The monoisotopic (exact) mass is 335 g/mol. The number of benzene rings is 2. The quantitative estimate of drug-likeness (QED) is 0.870. The molecule has 3 nitrogen and oxygen atoms in total. The van der Waals surface area contributed by atoms with Gasteiger partial charge in [0.15, 0.2) is 0 Å². The average Bonchev–Trinajstić information content (AvgIpc) is 2.47. The lowest BCUT2D eigenvalue weighted by atomic mass is 10.1. The SMILES string of the molecule is CCOc1ccc(OCc2ccc(CN)cc2)c(Br)c1. The number of halogens is 1. The van der Waals surface area contributed by atoms with Gasteiger partial charge < -0.3 is 15.2 Å². The zero-order valence-electron chi connectivity index (χ0n) is 11.4. The Bertz CT molecular complexity index is 555. The summed E-state index contributed by atoms with van der Waals surface area (Å²) < 4.78 is 12.1. The molecule has 0 fully saturated rings. The van der Waals surface area contributed by atoms with Crippen LogP contribution in [0.3, 0.4) is 0 Å². The second kappa shape index (κ2) is 7.31. The summed E-state index contributed by atoms with van der Waals surface area (Å²) in [7, 11) is 0. The Morgan fingerprint density at radius 2 is 1.70 bits per heavy atom. The van der Waals surface area contributed by atoms with Crippen LogP contribution in [0.15, 0.2) is 46.9 Å². The van der Waals surface area contributed by atoms with E-state index in [1.165, 1.54) is 0 Å². The van der Waals surface area contributed by atoms with Gasteiger partial charge in [0.05, 0.1) is 11.1 Å². The Kier molecular flexibility index (Phi) is 5.44. The van der Waals surface area contributed by atoms with Crippen LogP contribution in [0.1, 0.15) is 18.1 Å². The van der Waals surface area contributed by atoms with Crippen molar-refractivity contribution in [3.8, 4) is 11.5 Å². The van der Waals surface area contributed by atoms with Crippen LogP contribution in [0.2, 0.25) is 0 Å². The van der Waals surface area contributed by atoms with Crippen LogP contribution in [0, 0.1) is 0 Å². The van der Waals surface area contributed by atoms with Crippen LogP contribution in [-0.4, -0.2) is 6.61 Å². The molecule has 0 spiro atoms. The molecule has 0 unspecified atom stereocenters. The van der Waals surface area contributed by atoms with Crippen LogP contribution < -0.4 is 15.2 Å². The first-order chi connectivity index (χ1) is 9.72. The minimum atomic E-state index is 0.525. The van der Waals surface area contributed by atoms with Gasteiger partial charge in [-0.25, -0.2) is 0 Å². The highest BCUT2D eigenvalue weighted by atomic mass is 79.9. The first-order valence-electron chi connectivity index (χ1n) is 6.56. The van der Waals surface area contributed by atoms with Crippen LogP contribution >= 0.6 is 15.9 Å². The number of ether oxygens (including phenoxy) is 2. The largest absolute Gasteiger partial charge is 0.494 e. The summed E-state index contributed by atoms with van der Waals surface area (Å²) in [6, 6.07) is 13.8. The molecule has 0 aliphatic carbocycles. The molecule has 0 radical (unpaired) electrons. The fourth-order valence-electron chi connectivity index (χ4n) is 1.79. The van der Waals surface area contributed by atoms with Gasteiger partial charge in [-0.2, -0.15) is 0 Å². The van der Waals surface area contributed by atoms with Gasteiger partial charge >= 0.3 is 0 Å². The van der Waals surface area contributed by atoms with E-state index in [1.807, 2.05) is 49.4 Å². The summed E-state index contributed by atoms with van der Waals surface area (Å²) in [6.07, 6.45) is 0. The third kappa shape index (κ3) is 3.99. The number of hydrogen-bond donors (Lipinski definition) is 1. The third-order valence-corrected chi connectivity index (χ3v) is 3.49. The lowest BCUT2D eigenvalue weighted by Crippen LogP contribution is -1.99. The van der Waals surface area contributed by atoms with Crippen molar-refractivity contribution in [2.45, 2.75) is 20.1 Å². The van der Waals surface area contributed by atoms with Gasteiger partial charge in [0.25, 0.3) is 0 Å². The van der Waals surface area contributed by atoms with E-state index in [0.717, 1.165) is 27.1 Å². The maximum absolute atomic E-state index is 5.80. The van der Waals surface area contributed by atoms with Crippen LogP contribution in [0.5, 0.6) is 11.5 Å². The highest BCUT2D eigenvalue weighted by molar-refractivity contribution is 9.10. The number of nitrogens with two attached hydrogens (primary N) is 1. The molecular formula is C16H18BrNO2. The molecule has 2 N–H and O–H groups in total. The van der Waals surface area contributed by atoms with Crippen molar-refractivity contribution >= 4 is 15.9 Å². The van der Waals surface area contributed by atoms with Gasteiger partial charge in [0, 0.05) is 6.54 Å². The normalized spacial score (nSPS) is 10.3. The predicted octanol–water partition coefficient (Wildman–Crippen LogP) is 3.89. The van der Waals surface area contributed by atoms with E-state index in [0.29, 0.717) is 19.8 Å². The van der Waals surface area contributed by atoms with E-state index in [-0.39, 0.29) is 0 Å². The lowest BCUT2D eigenvalue weighted by molar-refractivity contribution is 0.302. The molecule has 0 amide bonds.